The molecular weight excluding hydrogens is 428 g/mol. The number of hydrogen-bond acceptors (Lipinski definition) is 6. The number of carbonyl (C=O) groups is 2. The lowest BCUT2D eigenvalue weighted by molar-refractivity contribution is 0.0635. The van der Waals surface area contributed by atoms with Gasteiger partial charge in [0.1, 0.15) is 5.56 Å². The summed E-state index contributed by atoms with van der Waals surface area (Å²) in [5.41, 5.74) is 1.00. The number of methoxy groups -OCH3 is 1. The zero-order valence-corrected chi connectivity index (χ0v) is 17.5. The molecule has 2 aromatic rings. The number of amides is 2. The van der Waals surface area contributed by atoms with Crippen molar-refractivity contribution in [3.63, 3.8) is 0 Å². The summed E-state index contributed by atoms with van der Waals surface area (Å²) in [6.45, 7) is 4.02. The Bertz CT molecular complexity index is 848. The summed E-state index contributed by atoms with van der Waals surface area (Å²) in [5.74, 6) is 0.131. The fraction of sp³-hybridized carbons (Fsp3) is 0.444. The van der Waals surface area contributed by atoms with Gasteiger partial charge in [0, 0.05) is 69.4 Å². The van der Waals surface area contributed by atoms with Gasteiger partial charge in [0.25, 0.3) is 11.8 Å². The second-order valence-electron chi connectivity index (χ2n) is 6.51. The first-order valence-corrected chi connectivity index (χ1v) is 9.75. The van der Waals surface area contributed by atoms with E-state index in [1.807, 2.05) is 4.90 Å². The minimum atomic E-state index is -0.147. The van der Waals surface area contributed by atoms with Crippen LogP contribution < -0.4 is 10.1 Å². The number of aryl methyl sites for hydroxylation is 1. The highest BCUT2D eigenvalue weighted by molar-refractivity contribution is 9.10. The van der Waals surface area contributed by atoms with E-state index in [9.17, 15) is 9.59 Å². The third kappa shape index (κ3) is 4.87. The van der Waals surface area contributed by atoms with Crippen LogP contribution in [0.4, 0.5) is 0 Å². The summed E-state index contributed by atoms with van der Waals surface area (Å²) < 4.78 is 7.53. The summed E-state index contributed by atoms with van der Waals surface area (Å²) in [7, 11) is 3.27. The van der Waals surface area contributed by atoms with Gasteiger partial charge in [-0.2, -0.15) is 0 Å². The van der Waals surface area contributed by atoms with E-state index in [4.69, 9.17) is 4.74 Å². The van der Waals surface area contributed by atoms with E-state index >= 15 is 0 Å². The summed E-state index contributed by atoms with van der Waals surface area (Å²) >= 11 is 3.31. The van der Waals surface area contributed by atoms with Crippen LogP contribution in [0.5, 0.6) is 5.88 Å². The molecule has 10 heteroatoms. The average molecular weight is 451 g/mol. The molecule has 2 amide bonds. The van der Waals surface area contributed by atoms with Crippen molar-refractivity contribution in [2.45, 2.75) is 0 Å². The number of ether oxygens (including phenoxy) is 1. The number of halogens is 1. The molecule has 1 saturated heterocycles. The highest BCUT2D eigenvalue weighted by Crippen LogP contribution is 2.18. The molecule has 0 bridgehead atoms. The maximum absolute atomic E-state index is 12.7. The normalized spacial score (nSPS) is 14.8. The standard InChI is InChI=1S/C18H23BrN6O3/c1-23-12-15(17(22-23)28-2)18(27)25-7-5-24(6-8-25)4-3-21-16(26)13-9-14(19)11-20-10-13/h9-12H,3-8H2,1-2H3,(H,21,26). The van der Waals surface area contributed by atoms with Crippen molar-refractivity contribution in [3.05, 3.63) is 40.3 Å². The Labute approximate surface area is 171 Å². The van der Waals surface area contributed by atoms with E-state index in [2.05, 4.69) is 36.2 Å². The molecule has 0 radical (unpaired) electrons. The van der Waals surface area contributed by atoms with Crippen LogP contribution in [-0.4, -0.2) is 82.8 Å². The van der Waals surface area contributed by atoms with E-state index in [0.717, 1.165) is 24.1 Å². The Morgan fingerprint density at radius 1 is 1.25 bits per heavy atom. The number of piperazine rings is 1. The minimum absolute atomic E-state index is 0.0694. The summed E-state index contributed by atoms with van der Waals surface area (Å²) in [6, 6.07) is 1.74. The number of aromatic nitrogens is 3. The molecule has 2 aromatic heterocycles. The molecule has 1 N–H and O–H groups in total. The molecule has 0 unspecified atom stereocenters. The van der Waals surface area contributed by atoms with Gasteiger partial charge >= 0.3 is 0 Å². The number of pyridine rings is 1. The Morgan fingerprint density at radius 3 is 2.68 bits per heavy atom. The molecule has 0 saturated carbocycles. The first-order valence-electron chi connectivity index (χ1n) is 8.96. The number of carbonyl (C=O) groups excluding carboxylic acids is 2. The van der Waals surface area contributed by atoms with Crippen molar-refractivity contribution in [3.8, 4) is 5.88 Å². The molecule has 0 aromatic carbocycles. The largest absolute Gasteiger partial charge is 0.479 e. The van der Waals surface area contributed by atoms with Crippen molar-refractivity contribution in [2.75, 3.05) is 46.4 Å². The maximum Gasteiger partial charge on any atom is 0.261 e. The molecule has 0 spiro atoms. The van der Waals surface area contributed by atoms with Gasteiger partial charge in [0.05, 0.1) is 12.7 Å². The van der Waals surface area contributed by atoms with Crippen molar-refractivity contribution < 1.29 is 14.3 Å². The number of nitrogens with zero attached hydrogens (tertiary/aromatic N) is 5. The molecule has 0 aliphatic carbocycles. The second-order valence-corrected chi connectivity index (χ2v) is 7.42. The number of hydrogen-bond donors (Lipinski definition) is 1. The minimum Gasteiger partial charge on any atom is -0.479 e. The van der Waals surface area contributed by atoms with Gasteiger partial charge < -0.3 is 15.0 Å². The smallest absolute Gasteiger partial charge is 0.261 e. The Hall–Kier alpha value is -2.46. The molecule has 1 fully saturated rings. The summed E-state index contributed by atoms with van der Waals surface area (Å²) in [6.07, 6.45) is 4.86. The van der Waals surface area contributed by atoms with Crippen LogP contribution in [0.3, 0.4) is 0 Å². The maximum atomic E-state index is 12.7. The van der Waals surface area contributed by atoms with Crippen LogP contribution in [-0.2, 0) is 7.05 Å². The SMILES string of the molecule is COc1nn(C)cc1C(=O)N1CCN(CCNC(=O)c2cncc(Br)c2)CC1. The fourth-order valence-electron chi connectivity index (χ4n) is 3.08. The van der Waals surface area contributed by atoms with Gasteiger partial charge in [-0.05, 0) is 22.0 Å². The van der Waals surface area contributed by atoms with Gasteiger partial charge in [0.15, 0.2) is 0 Å². The van der Waals surface area contributed by atoms with Crippen LogP contribution >= 0.6 is 15.9 Å². The number of nitrogens with one attached hydrogen (secondary N) is 1. The molecular formula is C18H23BrN6O3. The molecule has 1 aliphatic heterocycles. The predicted octanol–water partition coefficient (Wildman–Crippen LogP) is 0.774. The first-order chi connectivity index (χ1) is 13.5. The lowest BCUT2D eigenvalue weighted by atomic mass is 10.2. The Kier molecular flexibility index (Phi) is 6.63. The van der Waals surface area contributed by atoms with Crippen LogP contribution in [0.1, 0.15) is 20.7 Å². The second kappa shape index (κ2) is 9.16. The summed E-state index contributed by atoms with van der Waals surface area (Å²) in [4.78, 5) is 32.9. The zero-order chi connectivity index (χ0) is 20.1. The van der Waals surface area contributed by atoms with Crippen LogP contribution in [0, 0.1) is 0 Å². The van der Waals surface area contributed by atoms with E-state index in [0.29, 0.717) is 36.6 Å². The van der Waals surface area contributed by atoms with Gasteiger partial charge in [-0.1, -0.05) is 0 Å². The molecule has 9 nitrogen and oxygen atoms in total. The van der Waals surface area contributed by atoms with Crippen molar-refractivity contribution in [1.82, 2.24) is 29.9 Å². The van der Waals surface area contributed by atoms with Crippen molar-refractivity contribution in [1.29, 1.82) is 0 Å². The van der Waals surface area contributed by atoms with Gasteiger partial charge in [-0.25, -0.2) is 0 Å². The first kappa shape index (κ1) is 20.3. The molecule has 28 heavy (non-hydrogen) atoms. The highest BCUT2D eigenvalue weighted by atomic mass is 79.9. The molecule has 3 heterocycles. The fourth-order valence-corrected chi connectivity index (χ4v) is 3.44. The van der Waals surface area contributed by atoms with Crippen LogP contribution in [0.25, 0.3) is 0 Å². The van der Waals surface area contributed by atoms with Gasteiger partial charge in [-0.15, -0.1) is 5.10 Å². The Morgan fingerprint density at radius 2 is 2.00 bits per heavy atom. The van der Waals surface area contributed by atoms with E-state index in [1.165, 1.54) is 13.3 Å². The van der Waals surface area contributed by atoms with Gasteiger partial charge in [0.2, 0.25) is 5.88 Å². The average Bonchev–Trinajstić information content (AvgIpc) is 3.08. The van der Waals surface area contributed by atoms with E-state index in [1.54, 1.807) is 30.2 Å². The van der Waals surface area contributed by atoms with Crippen LogP contribution in [0.15, 0.2) is 29.1 Å². The summed E-state index contributed by atoms with van der Waals surface area (Å²) in [5, 5.41) is 7.04. The molecule has 0 atom stereocenters. The van der Waals surface area contributed by atoms with Crippen LogP contribution in [0.2, 0.25) is 0 Å². The number of rotatable bonds is 6. The lowest BCUT2D eigenvalue weighted by Crippen LogP contribution is -2.50. The highest BCUT2D eigenvalue weighted by Gasteiger charge is 2.26. The lowest BCUT2D eigenvalue weighted by Gasteiger charge is -2.34. The quantitative estimate of drug-likeness (QED) is 0.698. The predicted molar refractivity (Wildman–Crippen MR) is 106 cm³/mol. The third-order valence-corrected chi connectivity index (χ3v) is 4.99. The van der Waals surface area contributed by atoms with Gasteiger partial charge in [-0.3, -0.25) is 24.2 Å². The van der Waals surface area contributed by atoms with E-state index < -0.39 is 0 Å². The third-order valence-electron chi connectivity index (χ3n) is 4.56. The molecule has 150 valence electrons. The van der Waals surface area contributed by atoms with Crippen molar-refractivity contribution >= 4 is 27.7 Å². The topological polar surface area (TPSA) is 92.6 Å². The molecule has 1 aliphatic rings. The monoisotopic (exact) mass is 450 g/mol. The Balaban J connectivity index is 1.44. The molecule has 3 rings (SSSR count). The van der Waals surface area contributed by atoms with Crippen molar-refractivity contribution in [2.24, 2.45) is 7.05 Å². The zero-order valence-electron chi connectivity index (χ0n) is 15.9. The van der Waals surface area contributed by atoms with E-state index in [-0.39, 0.29) is 11.8 Å².